The zero-order chi connectivity index (χ0) is 50.1. The van der Waals surface area contributed by atoms with Crippen molar-refractivity contribution in [1.29, 1.82) is 0 Å². The van der Waals surface area contributed by atoms with Crippen molar-refractivity contribution in [3.05, 3.63) is 304 Å². The van der Waals surface area contributed by atoms with Gasteiger partial charge in [0.2, 0.25) is 0 Å². The van der Waals surface area contributed by atoms with Crippen molar-refractivity contribution in [2.24, 2.45) is 0 Å². The summed E-state index contributed by atoms with van der Waals surface area (Å²) in [5.74, 6) is 1.54. The van der Waals surface area contributed by atoms with Crippen molar-refractivity contribution >= 4 is 44.6 Å². The third-order valence-electron chi connectivity index (χ3n) is 12.9. The third-order valence-corrected chi connectivity index (χ3v) is 12.9. The summed E-state index contributed by atoms with van der Waals surface area (Å²) in [7, 11) is 0. The minimum Gasteiger partial charge on any atom is -0.308 e. The number of benzene rings is 8. The second kappa shape index (κ2) is 21.5. The summed E-state index contributed by atoms with van der Waals surface area (Å²) in [5, 5.41) is 2.28. The Kier molecular flexibility index (Phi) is 13.8. The lowest BCUT2D eigenvalue weighted by Crippen LogP contribution is -2.05. The maximum atomic E-state index is 5.29. The zero-order valence-corrected chi connectivity index (χ0v) is 40.6. The Morgan fingerprint density at radius 3 is 1.38 bits per heavy atom. The molecule has 0 unspecified atom stereocenters. The van der Waals surface area contributed by atoms with E-state index in [9.17, 15) is 0 Å². The van der Waals surface area contributed by atoms with Gasteiger partial charge < -0.3 is 4.57 Å². The lowest BCUT2D eigenvalue weighted by Gasteiger charge is -2.21. The first kappa shape index (κ1) is 46.9. The molecule has 0 saturated heterocycles. The van der Waals surface area contributed by atoms with Crippen molar-refractivity contribution in [2.75, 3.05) is 0 Å². The first-order valence-corrected chi connectivity index (χ1v) is 24.3. The van der Waals surface area contributed by atoms with Crippen LogP contribution < -0.4 is 0 Å². The van der Waals surface area contributed by atoms with Crippen LogP contribution in [0.3, 0.4) is 0 Å². The van der Waals surface area contributed by atoms with Crippen LogP contribution in [-0.4, -0.2) is 19.5 Å². The van der Waals surface area contributed by atoms with E-state index < -0.39 is 0 Å². The van der Waals surface area contributed by atoms with Crippen molar-refractivity contribution in [3.8, 4) is 61.8 Å². The predicted molar refractivity (Wildman–Crippen MR) is 312 cm³/mol. The Morgan fingerprint density at radius 2 is 0.849 bits per heavy atom. The molecule has 0 N–H and O–H groups in total. The second-order valence-electron chi connectivity index (χ2n) is 17.4. The fourth-order valence-corrected chi connectivity index (χ4v) is 9.46. The largest absolute Gasteiger partial charge is 0.308 e. The fourth-order valence-electron chi connectivity index (χ4n) is 9.46. The second-order valence-corrected chi connectivity index (χ2v) is 17.4. The smallest absolute Gasteiger partial charge is 0.164 e. The first-order chi connectivity index (χ1) is 36.0. The van der Waals surface area contributed by atoms with Gasteiger partial charge >= 0.3 is 0 Å². The van der Waals surface area contributed by atoms with Gasteiger partial charge in [0.1, 0.15) is 0 Å². The Labute approximate surface area is 428 Å². The van der Waals surface area contributed by atoms with Gasteiger partial charge in [0.15, 0.2) is 17.5 Å². The van der Waals surface area contributed by atoms with Crippen LogP contribution in [0.4, 0.5) is 0 Å². The van der Waals surface area contributed by atoms with Crippen molar-refractivity contribution in [3.63, 3.8) is 0 Å². The number of hydrogen-bond donors (Lipinski definition) is 0. The number of nitrogens with zero attached hydrogens (tertiary/aromatic N) is 4. The van der Waals surface area contributed by atoms with Crippen LogP contribution in [-0.2, 0) is 0 Å². The summed E-state index contributed by atoms with van der Waals surface area (Å²) in [5.41, 5.74) is 17.2. The monoisotopic (exact) mass is 936 g/mol. The molecule has 0 atom stereocenters. The van der Waals surface area contributed by atoms with Gasteiger partial charge in [0.05, 0.1) is 16.7 Å². The molecule has 4 heteroatoms. The van der Waals surface area contributed by atoms with E-state index >= 15 is 0 Å². The molecule has 0 aliphatic carbocycles. The summed E-state index contributed by atoms with van der Waals surface area (Å²) in [6.45, 7) is 20.5. The molecule has 0 aliphatic heterocycles. The van der Waals surface area contributed by atoms with Crippen LogP contribution in [0.1, 0.15) is 22.5 Å². The highest BCUT2D eigenvalue weighted by Crippen LogP contribution is 2.44. The van der Waals surface area contributed by atoms with Crippen LogP contribution in [0, 0.1) is 0 Å². The van der Waals surface area contributed by atoms with E-state index in [1.807, 2.05) is 78.9 Å². The van der Waals surface area contributed by atoms with Gasteiger partial charge in [-0.25, -0.2) is 15.0 Å². The Balaban J connectivity index is 1.26. The van der Waals surface area contributed by atoms with Gasteiger partial charge in [-0.15, -0.1) is 0 Å². The highest BCUT2D eigenvalue weighted by Gasteiger charge is 2.24. The topological polar surface area (TPSA) is 43.6 Å². The summed E-state index contributed by atoms with van der Waals surface area (Å²) < 4.78 is 2.42. The number of aromatic nitrogens is 4. The van der Waals surface area contributed by atoms with Crippen LogP contribution >= 0.6 is 0 Å². The van der Waals surface area contributed by atoms with Gasteiger partial charge in [-0.05, 0) is 98.1 Å². The Bertz CT molecular complexity index is 3740. The molecule has 4 nitrogen and oxygen atoms in total. The number of fused-ring (bicyclic) bond motifs is 3. The van der Waals surface area contributed by atoms with E-state index in [0.717, 1.165) is 105 Å². The van der Waals surface area contributed by atoms with Gasteiger partial charge in [0.25, 0.3) is 0 Å². The lowest BCUT2D eigenvalue weighted by atomic mass is 9.92. The fraction of sp³-hybridized carbons (Fsp3) is 0. The SMILES string of the molecule is C=C/C=C(\C=C)c1ccc(-c2nc(/C=C/C(=C\C=C)c3ccccc3)nc(-c3cc(/C(C=C)=C/C=C)c(-n4c5ccc(-c6ccccc6)cc5c5cc(-c6ccccc6)ccc54)c(-c4ccccc4)c3)n2)cc1. The average Bonchev–Trinajstić information content (AvgIpc) is 3.78. The van der Waals surface area contributed by atoms with E-state index in [0.29, 0.717) is 17.5 Å². The van der Waals surface area contributed by atoms with E-state index in [-0.39, 0.29) is 0 Å². The highest BCUT2D eigenvalue weighted by molar-refractivity contribution is 6.13. The number of allylic oxidation sites excluding steroid dienone is 12. The molecule has 0 spiro atoms. The predicted octanol–water partition coefficient (Wildman–Crippen LogP) is 18.1. The molecule has 348 valence electrons. The minimum absolute atomic E-state index is 0.497. The highest BCUT2D eigenvalue weighted by atomic mass is 15.0. The van der Waals surface area contributed by atoms with Crippen LogP contribution in [0.25, 0.3) is 106 Å². The zero-order valence-electron chi connectivity index (χ0n) is 40.6. The molecular formula is C69H52N4. The summed E-state index contributed by atoms with van der Waals surface area (Å²) in [6, 6.07) is 68.1. The molecule has 0 aliphatic rings. The number of rotatable bonds is 16. The molecule has 2 aromatic heterocycles. The molecule has 8 aromatic carbocycles. The van der Waals surface area contributed by atoms with E-state index in [1.165, 1.54) is 0 Å². The average molecular weight is 937 g/mol. The van der Waals surface area contributed by atoms with E-state index in [1.54, 1.807) is 12.2 Å². The van der Waals surface area contributed by atoms with Crippen LogP contribution in [0.15, 0.2) is 282 Å². The molecule has 0 saturated carbocycles. The normalized spacial score (nSPS) is 12.0. The molecule has 0 amide bonds. The Morgan fingerprint density at radius 1 is 0.384 bits per heavy atom. The Hall–Kier alpha value is -9.77. The molecular weight excluding hydrogens is 885 g/mol. The standard InChI is InChI=1S/C69H52N4/c1-6-23-48(9-4)54-34-36-56(37-35-54)68-70-66(43-40-50(25-8-3)51-26-15-11-16-27-51)71-69(72-68)59-46-60(49(10-5)24-7-2)67(61(47-59)55-32-21-14-22-33-55)73-64-41-38-57(52-28-17-12-18-29-52)44-62(64)63-45-58(39-42-65(63)73)53-30-19-13-20-31-53/h6-47H,1-5H2/b43-40+,48-23+,49-24+,50-25+. The van der Waals surface area contributed by atoms with Gasteiger partial charge in [-0.1, -0.05) is 245 Å². The lowest BCUT2D eigenvalue weighted by molar-refractivity contribution is 1.04. The molecule has 0 bridgehead atoms. The van der Waals surface area contributed by atoms with Crippen molar-refractivity contribution in [2.45, 2.75) is 0 Å². The molecule has 10 rings (SSSR count). The molecule has 73 heavy (non-hydrogen) atoms. The van der Waals surface area contributed by atoms with Crippen LogP contribution in [0.2, 0.25) is 0 Å². The van der Waals surface area contributed by atoms with Gasteiger partial charge in [-0.2, -0.15) is 0 Å². The molecule has 2 heterocycles. The van der Waals surface area contributed by atoms with Crippen molar-refractivity contribution < 1.29 is 0 Å². The summed E-state index contributed by atoms with van der Waals surface area (Å²) >= 11 is 0. The van der Waals surface area contributed by atoms with Crippen molar-refractivity contribution in [1.82, 2.24) is 19.5 Å². The summed E-state index contributed by atoms with van der Waals surface area (Å²) in [6.07, 6.45) is 19.0. The minimum atomic E-state index is 0.497. The molecule has 10 aromatic rings. The molecule has 0 radical (unpaired) electrons. The number of hydrogen-bond acceptors (Lipinski definition) is 3. The van der Waals surface area contributed by atoms with Gasteiger partial charge in [0, 0.05) is 33.0 Å². The maximum absolute atomic E-state index is 5.29. The maximum Gasteiger partial charge on any atom is 0.164 e. The van der Waals surface area contributed by atoms with Crippen LogP contribution in [0.5, 0.6) is 0 Å². The summed E-state index contributed by atoms with van der Waals surface area (Å²) in [4.78, 5) is 15.6. The quantitative estimate of drug-likeness (QED) is 0.0907. The van der Waals surface area contributed by atoms with Gasteiger partial charge in [-0.3, -0.25) is 0 Å². The van der Waals surface area contributed by atoms with E-state index in [2.05, 4.69) is 201 Å². The van der Waals surface area contributed by atoms with E-state index in [4.69, 9.17) is 15.0 Å². The third kappa shape index (κ3) is 9.74. The molecule has 0 fully saturated rings. The first-order valence-electron chi connectivity index (χ1n) is 24.3.